The number of benzene rings is 1. The number of rotatable bonds is 1. The fraction of sp³-hybridized carbons (Fsp3) is 0.588. The summed E-state index contributed by atoms with van der Waals surface area (Å²) >= 11 is 12.5. The van der Waals surface area contributed by atoms with E-state index in [2.05, 4.69) is 12.2 Å². The van der Waals surface area contributed by atoms with Crippen LogP contribution in [0.3, 0.4) is 0 Å². The van der Waals surface area contributed by atoms with Crippen molar-refractivity contribution in [2.45, 2.75) is 44.7 Å². The van der Waals surface area contributed by atoms with Gasteiger partial charge in [0, 0.05) is 29.2 Å². The topological polar surface area (TPSA) is 32.3 Å². The maximum absolute atomic E-state index is 13.2. The van der Waals surface area contributed by atoms with Crippen LogP contribution in [0.5, 0.6) is 0 Å². The molecule has 1 aromatic rings. The van der Waals surface area contributed by atoms with Gasteiger partial charge in [0.05, 0.1) is 11.5 Å². The molecule has 0 spiro atoms. The Morgan fingerprint density at radius 3 is 2.86 bits per heavy atom. The summed E-state index contributed by atoms with van der Waals surface area (Å²) in [4.78, 5) is 15.2. The van der Waals surface area contributed by atoms with Crippen LogP contribution in [0.15, 0.2) is 12.1 Å². The third kappa shape index (κ3) is 2.10. The van der Waals surface area contributed by atoms with E-state index in [1.54, 1.807) is 6.07 Å². The molecule has 22 heavy (non-hydrogen) atoms. The number of nitrogens with zero attached hydrogens (tertiary/aromatic N) is 1. The maximum atomic E-state index is 13.2. The molecule has 2 aliphatic heterocycles. The number of halogens is 2. The number of carbonyl (C=O) groups excluding carboxylic acids is 1. The number of fused-ring (bicyclic) bond motifs is 3. The van der Waals surface area contributed by atoms with Gasteiger partial charge in [0.15, 0.2) is 0 Å². The lowest BCUT2D eigenvalue weighted by atomic mass is 9.83. The minimum atomic E-state index is -0.171. The summed E-state index contributed by atoms with van der Waals surface area (Å²) in [6.45, 7) is 3.68. The molecule has 1 amide bonds. The zero-order valence-electron chi connectivity index (χ0n) is 12.7. The first kappa shape index (κ1) is 14.8. The van der Waals surface area contributed by atoms with Crippen molar-refractivity contribution in [2.24, 2.45) is 5.41 Å². The first-order valence-electron chi connectivity index (χ1n) is 8.02. The van der Waals surface area contributed by atoms with Gasteiger partial charge in [-0.2, -0.15) is 0 Å². The lowest BCUT2D eigenvalue weighted by molar-refractivity contribution is -0.143. The molecule has 3 nitrogen and oxygen atoms in total. The number of carbonyl (C=O) groups is 1. The fourth-order valence-electron chi connectivity index (χ4n) is 4.56. The highest BCUT2D eigenvalue weighted by Gasteiger charge is 2.52. The summed E-state index contributed by atoms with van der Waals surface area (Å²) < 4.78 is 0. The minimum Gasteiger partial charge on any atom is -0.335 e. The van der Waals surface area contributed by atoms with Gasteiger partial charge >= 0.3 is 0 Å². The molecule has 3 aliphatic rings. The van der Waals surface area contributed by atoms with Crippen LogP contribution < -0.4 is 5.32 Å². The first-order chi connectivity index (χ1) is 10.5. The highest BCUT2D eigenvalue weighted by atomic mass is 35.5. The summed E-state index contributed by atoms with van der Waals surface area (Å²) in [5, 5.41) is 4.83. The van der Waals surface area contributed by atoms with Crippen molar-refractivity contribution in [1.82, 2.24) is 10.2 Å². The van der Waals surface area contributed by atoms with E-state index in [0.717, 1.165) is 44.3 Å². The van der Waals surface area contributed by atoms with Gasteiger partial charge in [-0.25, -0.2) is 0 Å². The van der Waals surface area contributed by atoms with Crippen LogP contribution >= 0.6 is 23.2 Å². The Labute approximate surface area is 141 Å². The second-order valence-electron chi connectivity index (χ2n) is 6.99. The number of amides is 1. The van der Waals surface area contributed by atoms with Crippen molar-refractivity contribution in [3.63, 3.8) is 0 Å². The summed E-state index contributed by atoms with van der Waals surface area (Å²) in [6, 6.07) is 4.34. The van der Waals surface area contributed by atoms with E-state index in [1.165, 1.54) is 5.56 Å². The molecule has 5 heteroatoms. The van der Waals surface area contributed by atoms with Crippen molar-refractivity contribution in [2.75, 3.05) is 13.1 Å². The van der Waals surface area contributed by atoms with Crippen molar-refractivity contribution < 1.29 is 4.79 Å². The second-order valence-corrected chi connectivity index (χ2v) is 7.83. The van der Waals surface area contributed by atoms with Crippen LogP contribution in [0, 0.1) is 5.41 Å². The molecule has 2 unspecified atom stereocenters. The normalized spacial score (nSPS) is 33.1. The summed E-state index contributed by atoms with van der Waals surface area (Å²) in [6.07, 6.45) is 3.98. The smallest absolute Gasteiger partial charge is 0.230 e. The molecule has 1 aliphatic carbocycles. The lowest BCUT2D eigenvalue weighted by Crippen LogP contribution is -2.48. The average Bonchev–Trinajstić information content (AvgIpc) is 3.08. The van der Waals surface area contributed by atoms with E-state index >= 15 is 0 Å². The Morgan fingerprint density at radius 1 is 1.41 bits per heavy atom. The predicted octanol–water partition coefficient (Wildman–Crippen LogP) is 3.58. The second kappa shape index (κ2) is 5.12. The van der Waals surface area contributed by atoms with Gasteiger partial charge in [-0.15, -0.1) is 0 Å². The molecule has 1 saturated heterocycles. The van der Waals surface area contributed by atoms with Crippen molar-refractivity contribution in [3.05, 3.63) is 33.3 Å². The van der Waals surface area contributed by atoms with Crippen molar-refractivity contribution in [1.29, 1.82) is 0 Å². The zero-order chi connectivity index (χ0) is 15.5. The van der Waals surface area contributed by atoms with Crippen LogP contribution in [0.1, 0.15) is 43.4 Å². The largest absolute Gasteiger partial charge is 0.335 e. The van der Waals surface area contributed by atoms with E-state index in [1.807, 2.05) is 11.0 Å². The Kier molecular flexibility index (Phi) is 3.44. The van der Waals surface area contributed by atoms with Crippen LogP contribution in [0.25, 0.3) is 0 Å². The Morgan fingerprint density at radius 2 is 2.23 bits per heavy atom. The maximum Gasteiger partial charge on any atom is 0.230 e. The molecule has 0 radical (unpaired) electrons. The molecule has 4 rings (SSSR count). The molecule has 1 aromatic carbocycles. The Balaban J connectivity index is 1.66. The number of piperidine rings is 1. The van der Waals surface area contributed by atoms with E-state index in [4.69, 9.17) is 23.2 Å². The predicted molar refractivity (Wildman–Crippen MR) is 88.4 cm³/mol. The van der Waals surface area contributed by atoms with Crippen LogP contribution in [-0.2, 0) is 11.2 Å². The Hall–Kier alpha value is -0.770. The number of nitrogens with one attached hydrogen (secondary N) is 1. The van der Waals surface area contributed by atoms with Crippen LogP contribution in [-0.4, -0.2) is 29.9 Å². The quantitative estimate of drug-likeness (QED) is 0.848. The first-order valence-corrected chi connectivity index (χ1v) is 8.78. The standard InChI is InChI=1S/C17H20Cl2N2O/c1-10-15-11(6-12(18)7-14(15)19)3-5-21(10)16(22)17-4-2-13(8-17)20-9-17/h6-7,10,13,20H,2-5,8-9H2,1H3/t10-,13?,17?/m0/s1. The number of hydrogen-bond donors (Lipinski definition) is 1. The molecule has 2 heterocycles. The van der Waals surface area contributed by atoms with E-state index in [0.29, 0.717) is 22.0 Å². The minimum absolute atomic E-state index is 0.0232. The van der Waals surface area contributed by atoms with Gasteiger partial charge in [0.25, 0.3) is 0 Å². The van der Waals surface area contributed by atoms with Gasteiger partial charge in [-0.3, -0.25) is 4.79 Å². The molecule has 2 bridgehead atoms. The van der Waals surface area contributed by atoms with Crippen LogP contribution in [0.4, 0.5) is 0 Å². The third-order valence-corrected chi connectivity index (χ3v) is 6.27. The third-order valence-electron chi connectivity index (χ3n) is 5.74. The van der Waals surface area contributed by atoms with Gasteiger partial charge in [0.1, 0.15) is 0 Å². The van der Waals surface area contributed by atoms with Crippen LogP contribution in [0.2, 0.25) is 10.0 Å². The molecular formula is C17H20Cl2N2O. The van der Waals surface area contributed by atoms with E-state index < -0.39 is 0 Å². The van der Waals surface area contributed by atoms with Crippen molar-refractivity contribution in [3.8, 4) is 0 Å². The molecular weight excluding hydrogens is 319 g/mol. The highest BCUT2D eigenvalue weighted by Crippen LogP contribution is 2.46. The molecule has 1 N–H and O–H groups in total. The lowest BCUT2D eigenvalue weighted by Gasteiger charge is -2.40. The SMILES string of the molecule is C[C@H]1c2c(Cl)cc(Cl)cc2CCN1C(=O)C12CCC(C1)NC2. The molecule has 0 aromatic heterocycles. The summed E-state index contributed by atoms with van der Waals surface area (Å²) in [5.41, 5.74) is 2.08. The molecule has 118 valence electrons. The van der Waals surface area contributed by atoms with Gasteiger partial charge in [0.2, 0.25) is 5.91 Å². The molecule has 3 atom stereocenters. The van der Waals surface area contributed by atoms with E-state index in [9.17, 15) is 4.79 Å². The number of hydrogen-bond acceptors (Lipinski definition) is 2. The highest BCUT2D eigenvalue weighted by molar-refractivity contribution is 6.35. The fourth-order valence-corrected chi connectivity index (χ4v) is 5.25. The van der Waals surface area contributed by atoms with E-state index in [-0.39, 0.29) is 11.5 Å². The zero-order valence-corrected chi connectivity index (χ0v) is 14.2. The summed E-state index contributed by atoms with van der Waals surface area (Å²) in [5.74, 6) is 0.309. The van der Waals surface area contributed by atoms with Gasteiger partial charge in [-0.1, -0.05) is 23.2 Å². The molecule has 2 fully saturated rings. The van der Waals surface area contributed by atoms with Gasteiger partial charge < -0.3 is 10.2 Å². The monoisotopic (exact) mass is 338 g/mol. The van der Waals surface area contributed by atoms with Crippen molar-refractivity contribution >= 4 is 29.1 Å². The summed E-state index contributed by atoms with van der Waals surface area (Å²) in [7, 11) is 0. The Bertz CT molecular complexity index is 638. The molecule has 1 saturated carbocycles. The van der Waals surface area contributed by atoms with Gasteiger partial charge in [-0.05, 0) is 55.9 Å². The average molecular weight is 339 g/mol.